The van der Waals surface area contributed by atoms with E-state index in [4.69, 9.17) is 21.5 Å². The second kappa shape index (κ2) is 5.23. The van der Waals surface area contributed by atoms with Crippen LogP contribution in [0.25, 0.3) is 0 Å². The van der Waals surface area contributed by atoms with E-state index in [-0.39, 0.29) is 22.8 Å². The third-order valence-electron chi connectivity index (χ3n) is 2.40. The van der Waals surface area contributed by atoms with Crippen LogP contribution in [0.3, 0.4) is 0 Å². The van der Waals surface area contributed by atoms with E-state index in [1.807, 2.05) is 0 Å². The number of carbonyl (C=O) groups excluding carboxylic acids is 1. The molecule has 100 valence electrons. The molecule has 1 atom stereocenters. The van der Waals surface area contributed by atoms with Crippen molar-refractivity contribution in [2.24, 2.45) is 5.16 Å². The number of oxime groups is 1. The minimum atomic E-state index is -1.24. The number of nitrogens with zero attached hydrogens (tertiary/aromatic N) is 1. The monoisotopic (exact) mass is 286 g/mol. The van der Waals surface area contributed by atoms with Gasteiger partial charge in [-0.3, -0.25) is 4.79 Å². The summed E-state index contributed by atoms with van der Waals surface area (Å²) in [6.07, 6.45) is -1.17. The van der Waals surface area contributed by atoms with Crippen LogP contribution in [0, 0.1) is 5.82 Å². The van der Waals surface area contributed by atoms with E-state index in [1.54, 1.807) is 0 Å². The molecule has 1 aromatic carbocycles. The average molecular weight is 287 g/mol. The number of carboxylic acid groups (broad SMARTS) is 1. The summed E-state index contributed by atoms with van der Waals surface area (Å²) in [7, 11) is 0. The minimum Gasteiger partial charge on any atom is -0.477 e. The van der Waals surface area contributed by atoms with Crippen molar-refractivity contribution in [3.63, 3.8) is 0 Å². The Balaban J connectivity index is 2.01. The second-order valence-electron chi connectivity index (χ2n) is 3.75. The zero-order valence-corrected chi connectivity index (χ0v) is 10.1. The first-order chi connectivity index (χ1) is 8.97. The van der Waals surface area contributed by atoms with E-state index in [0.717, 1.165) is 12.1 Å². The number of rotatable bonds is 3. The largest absolute Gasteiger partial charge is 0.477 e. The average Bonchev–Trinajstić information content (AvgIpc) is 2.82. The topological polar surface area (TPSA) is 88.0 Å². The number of hydrogen-bond acceptors (Lipinski definition) is 4. The molecule has 1 aliphatic rings. The highest BCUT2D eigenvalue weighted by atomic mass is 35.5. The Morgan fingerprint density at radius 2 is 2.26 bits per heavy atom. The Bertz CT molecular complexity index is 576. The van der Waals surface area contributed by atoms with Gasteiger partial charge in [-0.2, -0.15) is 0 Å². The zero-order chi connectivity index (χ0) is 14.0. The van der Waals surface area contributed by atoms with Crippen molar-refractivity contribution < 1.29 is 23.9 Å². The number of amides is 1. The first kappa shape index (κ1) is 13.3. The molecular weight excluding hydrogens is 279 g/mol. The van der Waals surface area contributed by atoms with Gasteiger partial charge in [0, 0.05) is 6.42 Å². The molecule has 0 spiro atoms. The molecule has 2 N–H and O–H groups in total. The van der Waals surface area contributed by atoms with E-state index in [2.05, 4.69) is 10.5 Å². The van der Waals surface area contributed by atoms with Gasteiger partial charge in [-0.15, -0.1) is 0 Å². The van der Waals surface area contributed by atoms with E-state index in [1.165, 1.54) is 6.07 Å². The third kappa shape index (κ3) is 3.00. The standard InChI is InChI=1S/C11H8ClFN2O4/c12-6-3-5(13)1-2-7(6)14-10(16)9-4-8(11(17)18)15-19-9/h1-3,9H,4H2,(H,14,16)(H,17,18). The smallest absolute Gasteiger partial charge is 0.353 e. The molecule has 1 heterocycles. The lowest BCUT2D eigenvalue weighted by Gasteiger charge is -2.10. The van der Waals surface area contributed by atoms with E-state index in [9.17, 15) is 14.0 Å². The number of benzene rings is 1. The molecule has 0 radical (unpaired) electrons. The SMILES string of the molecule is O=C(O)C1=NOC(C(=O)Nc2ccc(F)cc2Cl)C1. The number of carboxylic acids is 1. The number of hydrogen-bond donors (Lipinski definition) is 2. The van der Waals surface area contributed by atoms with Gasteiger partial charge in [0.15, 0.2) is 5.71 Å². The van der Waals surface area contributed by atoms with Crippen molar-refractivity contribution in [1.29, 1.82) is 0 Å². The summed E-state index contributed by atoms with van der Waals surface area (Å²) in [6, 6.07) is 3.48. The quantitative estimate of drug-likeness (QED) is 0.884. The van der Waals surface area contributed by atoms with Gasteiger partial charge in [0.05, 0.1) is 10.7 Å². The molecule has 1 aliphatic heterocycles. The maximum Gasteiger partial charge on any atom is 0.353 e. The Morgan fingerprint density at radius 1 is 1.53 bits per heavy atom. The molecule has 0 aromatic heterocycles. The summed E-state index contributed by atoms with van der Waals surface area (Å²) < 4.78 is 12.8. The van der Waals surface area contributed by atoms with Gasteiger partial charge in [-0.05, 0) is 18.2 Å². The molecule has 6 nitrogen and oxygen atoms in total. The van der Waals surface area contributed by atoms with Crippen LogP contribution in [0.5, 0.6) is 0 Å². The number of anilines is 1. The first-order valence-corrected chi connectivity index (χ1v) is 5.57. The lowest BCUT2D eigenvalue weighted by atomic mass is 10.1. The number of halogens is 2. The Hall–Kier alpha value is -2.15. The highest BCUT2D eigenvalue weighted by molar-refractivity contribution is 6.36. The van der Waals surface area contributed by atoms with Gasteiger partial charge in [-0.25, -0.2) is 9.18 Å². The molecule has 0 saturated heterocycles. The highest BCUT2D eigenvalue weighted by Crippen LogP contribution is 2.23. The summed E-state index contributed by atoms with van der Waals surface area (Å²) in [5, 5.41) is 14.4. The fourth-order valence-electron chi connectivity index (χ4n) is 1.45. The van der Waals surface area contributed by atoms with Gasteiger partial charge in [0.1, 0.15) is 5.82 Å². The first-order valence-electron chi connectivity index (χ1n) is 5.19. The summed E-state index contributed by atoms with van der Waals surface area (Å²) in [5.41, 5.74) is -0.0224. The van der Waals surface area contributed by atoms with Crippen LogP contribution in [-0.2, 0) is 14.4 Å². The van der Waals surface area contributed by atoms with Gasteiger partial charge in [0.25, 0.3) is 5.91 Å². The molecule has 1 unspecified atom stereocenters. The van der Waals surface area contributed by atoms with Crippen molar-refractivity contribution in [1.82, 2.24) is 0 Å². The van der Waals surface area contributed by atoms with Gasteiger partial charge >= 0.3 is 5.97 Å². The summed E-state index contributed by atoms with van der Waals surface area (Å²) >= 11 is 5.74. The zero-order valence-electron chi connectivity index (χ0n) is 9.39. The molecular formula is C11H8ClFN2O4. The Kier molecular flexibility index (Phi) is 3.66. The summed E-state index contributed by atoms with van der Waals surface area (Å²) in [6.45, 7) is 0. The molecule has 8 heteroatoms. The lowest BCUT2D eigenvalue weighted by Crippen LogP contribution is -2.29. The van der Waals surface area contributed by atoms with E-state index >= 15 is 0 Å². The van der Waals surface area contributed by atoms with Crippen LogP contribution in [0.4, 0.5) is 10.1 Å². The molecule has 0 fully saturated rings. The third-order valence-corrected chi connectivity index (χ3v) is 2.71. The second-order valence-corrected chi connectivity index (χ2v) is 4.16. The number of carbonyl (C=O) groups is 2. The summed E-state index contributed by atoms with van der Waals surface area (Å²) in [5.74, 6) is -2.37. The van der Waals surface area contributed by atoms with Crippen LogP contribution in [0.1, 0.15) is 6.42 Å². The highest BCUT2D eigenvalue weighted by Gasteiger charge is 2.31. The molecule has 0 saturated carbocycles. The molecule has 0 bridgehead atoms. The molecule has 2 rings (SSSR count). The maximum atomic E-state index is 12.8. The molecule has 0 aliphatic carbocycles. The van der Waals surface area contributed by atoms with Crippen LogP contribution in [0.2, 0.25) is 5.02 Å². The normalized spacial score (nSPS) is 17.6. The maximum absolute atomic E-state index is 12.8. The Labute approximate surface area is 111 Å². The predicted molar refractivity (Wildman–Crippen MR) is 64.6 cm³/mol. The van der Waals surface area contributed by atoms with Crippen LogP contribution in [0.15, 0.2) is 23.4 Å². The number of aliphatic carboxylic acids is 1. The fourth-order valence-corrected chi connectivity index (χ4v) is 1.66. The van der Waals surface area contributed by atoms with Crippen molar-refractivity contribution >= 4 is 34.9 Å². The van der Waals surface area contributed by atoms with Gasteiger partial charge < -0.3 is 15.3 Å². The van der Waals surface area contributed by atoms with Crippen molar-refractivity contribution in [3.05, 3.63) is 29.0 Å². The summed E-state index contributed by atoms with van der Waals surface area (Å²) in [4.78, 5) is 27.1. The Morgan fingerprint density at radius 3 is 2.84 bits per heavy atom. The van der Waals surface area contributed by atoms with Gasteiger partial charge in [0.2, 0.25) is 6.10 Å². The number of nitrogens with one attached hydrogen (secondary N) is 1. The molecule has 1 aromatic rings. The molecule has 19 heavy (non-hydrogen) atoms. The van der Waals surface area contributed by atoms with Crippen LogP contribution < -0.4 is 5.32 Å². The van der Waals surface area contributed by atoms with Crippen molar-refractivity contribution in [3.8, 4) is 0 Å². The van der Waals surface area contributed by atoms with Crippen molar-refractivity contribution in [2.75, 3.05) is 5.32 Å². The van der Waals surface area contributed by atoms with Gasteiger partial charge in [-0.1, -0.05) is 16.8 Å². The van der Waals surface area contributed by atoms with E-state index in [0.29, 0.717) is 0 Å². The molecule has 1 amide bonds. The lowest BCUT2D eigenvalue weighted by molar-refractivity contribution is -0.129. The van der Waals surface area contributed by atoms with E-state index < -0.39 is 23.8 Å². The predicted octanol–water partition coefficient (Wildman–Crippen LogP) is 1.65. The van der Waals surface area contributed by atoms with Crippen LogP contribution in [-0.4, -0.2) is 28.8 Å². The van der Waals surface area contributed by atoms with Crippen LogP contribution >= 0.6 is 11.6 Å². The fraction of sp³-hybridized carbons (Fsp3) is 0.182. The minimum absolute atomic E-state index is 0.0331. The van der Waals surface area contributed by atoms with Crippen molar-refractivity contribution in [2.45, 2.75) is 12.5 Å².